The van der Waals surface area contributed by atoms with Gasteiger partial charge in [0.1, 0.15) is 12.7 Å². The molecule has 0 aromatic heterocycles. The van der Waals surface area contributed by atoms with Crippen molar-refractivity contribution in [1.29, 1.82) is 0 Å². The molecule has 0 heterocycles. The molecule has 0 amide bonds. The van der Waals surface area contributed by atoms with Crippen molar-refractivity contribution in [1.82, 2.24) is 0 Å². The molecular weight excluding hydrogens is 780 g/mol. The third kappa shape index (κ3) is 44.3. The van der Waals surface area contributed by atoms with Crippen LogP contribution in [0.4, 0.5) is 0 Å². The van der Waals surface area contributed by atoms with Crippen LogP contribution >= 0.6 is 7.82 Å². The first kappa shape index (κ1) is 58.2. The number of allylic oxidation sites excluding steroid dienone is 6. The van der Waals surface area contributed by atoms with E-state index in [-0.39, 0.29) is 19.4 Å². The number of rotatable bonds is 46. The lowest BCUT2D eigenvalue weighted by Crippen LogP contribution is -2.29. The summed E-state index contributed by atoms with van der Waals surface area (Å²) in [6.45, 7) is 2.30. The van der Waals surface area contributed by atoms with Gasteiger partial charge in [0.2, 0.25) is 0 Å². The second-order valence-corrected chi connectivity index (χ2v) is 17.9. The van der Waals surface area contributed by atoms with Crippen LogP contribution in [0.25, 0.3) is 0 Å². The molecule has 0 fully saturated rings. The molecule has 352 valence electrons. The average molecular weight is 871 g/mol. The van der Waals surface area contributed by atoms with Crippen LogP contribution in [0.1, 0.15) is 226 Å². The Hall–Kier alpha value is -1.81. The molecule has 0 aliphatic heterocycles. The summed E-state index contributed by atoms with van der Waals surface area (Å²) < 4.78 is 32.8. The third-order valence-corrected chi connectivity index (χ3v) is 11.5. The van der Waals surface area contributed by atoms with E-state index in [1.807, 2.05) is 0 Å². The summed E-state index contributed by atoms with van der Waals surface area (Å²) >= 11 is 0. The zero-order valence-corrected chi connectivity index (χ0v) is 39.3. The van der Waals surface area contributed by atoms with Crippen LogP contribution in [0, 0.1) is 0 Å². The summed E-state index contributed by atoms with van der Waals surface area (Å²) in [6.07, 6.45) is 48.2. The van der Waals surface area contributed by atoms with Gasteiger partial charge in [-0.25, -0.2) is 4.57 Å². The minimum absolute atomic E-state index is 0.175. The zero-order chi connectivity index (χ0) is 44.0. The molecule has 0 aliphatic rings. The molecule has 0 radical (unpaired) electrons. The first-order chi connectivity index (χ1) is 29.2. The van der Waals surface area contributed by atoms with Crippen molar-refractivity contribution in [2.75, 3.05) is 26.4 Å². The van der Waals surface area contributed by atoms with Crippen molar-refractivity contribution in [3.63, 3.8) is 0 Å². The van der Waals surface area contributed by atoms with E-state index in [0.717, 1.165) is 70.6 Å². The number of aliphatic hydroxyl groups excluding tert-OH is 2. The number of esters is 2. The molecule has 0 aliphatic carbocycles. The lowest BCUT2D eigenvalue weighted by atomic mass is 10.0. The van der Waals surface area contributed by atoms with Crippen molar-refractivity contribution >= 4 is 19.8 Å². The number of unbranched alkanes of at least 4 members (excludes halogenated alkanes) is 26. The molecule has 10 nitrogen and oxygen atoms in total. The fourth-order valence-corrected chi connectivity index (χ4v) is 7.62. The van der Waals surface area contributed by atoms with Gasteiger partial charge < -0.3 is 24.6 Å². The highest BCUT2D eigenvalue weighted by Gasteiger charge is 2.27. The number of carbonyl (C=O) groups excluding carboxylic acids is 2. The van der Waals surface area contributed by atoms with Crippen molar-refractivity contribution in [2.24, 2.45) is 0 Å². The summed E-state index contributed by atoms with van der Waals surface area (Å²) in [5.41, 5.74) is 0. The van der Waals surface area contributed by atoms with Gasteiger partial charge >= 0.3 is 19.8 Å². The Bertz CT molecular complexity index is 1090. The minimum atomic E-state index is -4.62. The van der Waals surface area contributed by atoms with E-state index in [9.17, 15) is 24.2 Å². The summed E-state index contributed by atoms with van der Waals surface area (Å²) in [5, 5.41) is 18.4. The van der Waals surface area contributed by atoms with Gasteiger partial charge in [-0.2, -0.15) is 0 Å². The van der Waals surface area contributed by atoms with Crippen molar-refractivity contribution in [3.8, 4) is 0 Å². The SMILES string of the molecule is CC/C=C\C/C=C\C/C=C\CCCCCCCCCC(=O)OC(COC(=O)CCCCCCCCCCCCCCCCCCCCCC)COP(=O)(O)OCC(O)CO. The van der Waals surface area contributed by atoms with E-state index in [0.29, 0.717) is 12.8 Å². The highest BCUT2D eigenvalue weighted by molar-refractivity contribution is 7.47. The summed E-state index contributed by atoms with van der Waals surface area (Å²) in [6, 6.07) is 0. The van der Waals surface area contributed by atoms with Gasteiger partial charge in [0.15, 0.2) is 6.10 Å². The Labute approximate surface area is 367 Å². The number of carbonyl (C=O) groups is 2. The summed E-state index contributed by atoms with van der Waals surface area (Å²) in [5.74, 6) is -0.927. The molecule has 60 heavy (non-hydrogen) atoms. The number of phosphoric ester groups is 1. The van der Waals surface area contributed by atoms with E-state index >= 15 is 0 Å². The van der Waals surface area contributed by atoms with Crippen molar-refractivity contribution < 1.29 is 47.8 Å². The van der Waals surface area contributed by atoms with Crippen LogP contribution in [-0.4, -0.2) is 65.7 Å². The molecule has 3 unspecified atom stereocenters. The number of hydrogen-bond donors (Lipinski definition) is 3. The molecule has 3 N–H and O–H groups in total. The van der Waals surface area contributed by atoms with E-state index < -0.39 is 51.8 Å². The molecule has 0 rings (SSSR count). The molecule has 0 bridgehead atoms. The lowest BCUT2D eigenvalue weighted by Gasteiger charge is -2.20. The Balaban J connectivity index is 4.19. The largest absolute Gasteiger partial charge is 0.472 e. The van der Waals surface area contributed by atoms with Crippen LogP contribution in [0.5, 0.6) is 0 Å². The van der Waals surface area contributed by atoms with Crippen molar-refractivity contribution in [3.05, 3.63) is 36.5 Å². The molecule has 0 spiro atoms. The zero-order valence-electron chi connectivity index (χ0n) is 38.4. The maximum atomic E-state index is 12.6. The highest BCUT2D eigenvalue weighted by atomic mass is 31.2. The number of ether oxygens (including phenoxy) is 2. The maximum absolute atomic E-state index is 12.6. The topological polar surface area (TPSA) is 149 Å². The monoisotopic (exact) mass is 871 g/mol. The fraction of sp³-hybridized carbons (Fsp3) is 0.837. The number of aliphatic hydroxyl groups is 2. The van der Waals surface area contributed by atoms with Gasteiger partial charge in [0.05, 0.1) is 19.8 Å². The quantitative estimate of drug-likeness (QED) is 0.0234. The van der Waals surface area contributed by atoms with Gasteiger partial charge in [-0.05, 0) is 44.9 Å². The standard InChI is InChI=1S/C49H91O10P/c1-3-5-7-9-11-13-15-17-19-21-22-23-25-26-28-30-32-34-36-38-40-48(52)56-44-47(45-58-60(54,55)57-43-46(51)42-50)59-49(53)41-39-37-35-33-31-29-27-24-20-18-16-14-12-10-8-6-4-2/h6,8,12,14,18,20,46-47,50-51H,3-5,7,9-11,13,15-17,19,21-45H2,1-2H3,(H,54,55)/b8-6-,14-12-,20-18-. The molecule has 3 atom stereocenters. The Kier molecular flexibility index (Phi) is 43.9. The van der Waals surface area contributed by atoms with Crippen molar-refractivity contribution in [2.45, 2.75) is 238 Å². The smallest absolute Gasteiger partial charge is 0.462 e. The molecule has 11 heteroatoms. The summed E-state index contributed by atoms with van der Waals surface area (Å²) in [7, 11) is -4.62. The highest BCUT2D eigenvalue weighted by Crippen LogP contribution is 2.43. The van der Waals surface area contributed by atoms with Gasteiger partial charge in [-0.15, -0.1) is 0 Å². The molecule has 0 aromatic rings. The molecule has 0 aromatic carbocycles. The lowest BCUT2D eigenvalue weighted by molar-refractivity contribution is -0.161. The van der Waals surface area contributed by atoms with Crippen LogP contribution < -0.4 is 0 Å². The molecule has 0 saturated heterocycles. The predicted octanol–water partition coefficient (Wildman–Crippen LogP) is 13.5. The average Bonchev–Trinajstić information content (AvgIpc) is 3.24. The Morgan fingerprint density at radius 3 is 1.38 bits per heavy atom. The Morgan fingerprint density at radius 2 is 0.917 bits per heavy atom. The maximum Gasteiger partial charge on any atom is 0.472 e. The number of hydrogen-bond acceptors (Lipinski definition) is 9. The van der Waals surface area contributed by atoms with E-state index in [4.69, 9.17) is 23.6 Å². The van der Waals surface area contributed by atoms with Crippen LogP contribution in [0.15, 0.2) is 36.5 Å². The van der Waals surface area contributed by atoms with E-state index in [1.165, 1.54) is 116 Å². The van der Waals surface area contributed by atoms with Gasteiger partial charge in [0.25, 0.3) is 0 Å². The fourth-order valence-electron chi connectivity index (χ4n) is 6.83. The number of phosphoric acid groups is 1. The van der Waals surface area contributed by atoms with Gasteiger partial charge in [0, 0.05) is 12.8 Å². The van der Waals surface area contributed by atoms with Gasteiger partial charge in [-0.3, -0.25) is 18.6 Å². The Morgan fingerprint density at radius 1 is 0.517 bits per heavy atom. The summed E-state index contributed by atoms with van der Waals surface area (Å²) in [4.78, 5) is 35.1. The van der Waals surface area contributed by atoms with Crippen LogP contribution in [-0.2, 0) is 32.7 Å². The first-order valence-corrected chi connectivity index (χ1v) is 25.9. The van der Waals surface area contributed by atoms with Crippen LogP contribution in [0.3, 0.4) is 0 Å². The molecular formula is C49H91O10P. The first-order valence-electron chi connectivity index (χ1n) is 24.4. The minimum Gasteiger partial charge on any atom is -0.462 e. The predicted molar refractivity (Wildman–Crippen MR) is 247 cm³/mol. The third-order valence-electron chi connectivity index (χ3n) is 10.6. The molecule has 0 saturated carbocycles. The van der Waals surface area contributed by atoms with E-state index in [1.54, 1.807) is 0 Å². The van der Waals surface area contributed by atoms with E-state index in [2.05, 4.69) is 50.3 Å². The normalized spacial score (nSPS) is 14.0. The second kappa shape index (κ2) is 45.2. The van der Waals surface area contributed by atoms with Gasteiger partial charge in [-0.1, -0.05) is 204 Å². The van der Waals surface area contributed by atoms with Crippen LogP contribution in [0.2, 0.25) is 0 Å². The second-order valence-electron chi connectivity index (χ2n) is 16.5.